The lowest BCUT2D eigenvalue weighted by Gasteiger charge is -2.13. The highest BCUT2D eigenvalue weighted by atomic mass is 35.5. The van der Waals surface area contributed by atoms with Crippen molar-refractivity contribution < 1.29 is 22.8 Å². The Balaban J connectivity index is 2.52. The molecule has 0 bridgehead atoms. The van der Waals surface area contributed by atoms with Gasteiger partial charge in [0.25, 0.3) is 0 Å². The topological polar surface area (TPSA) is 65.3 Å². The summed E-state index contributed by atoms with van der Waals surface area (Å²) in [5.41, 5.74) is -0.399. The summed E-state index contributed by atoms with van der Waals surface area (Å²) in [5.74, 6) is -0.483. The number of alkyl halides is 3. The van der Waals surface area contributed by atoms with E-state index in [4.69, 9.17) is 11.6 Å². The second-order valence-electron chi connectivity index (χ2n) is 3.84. The molecule has 0 unspecified atom stereocenters. The van der Waals surface area contributed by atoms with Gasteiger partial charge in [-0.25, -0.2) is 4.98 Å². The van der Waals surface area contributed by atoms with E-state index in [1.807, 2.05) is 0 Å². The number of hydrogen-bond acceptors (Lipinski definition) is 4. The molecule has 1 heterocycles. The molecule has 5 nitrogen and oxygen atoms in total. The van der Waals surface area contributed by atoms with E-state index in [9.17, 15) is 23.3 Å². The highest BCUT2D eigenvalue weighted by Crippen LogP contribution is 2.35. The van der Waals surface area contributed by atoms with Crippen LogP contribution in [0, 0.1) is 10.1 Å². The number of pyridine rings is 1. The van der Waals surface area contributed by atoms with Crippen LogP contribution in [0.3, 0.4) is 0 Å². The largest absolute Gasteiger partial charge is 0.573 e. The number of ether oxygens (including phenoxy) is 1. The molecule has 0 aliphatic heterocycles. The van der Waals surface area contributed by atoms with E-state index in [1.165, 1.54) is 18.2 Å². The normalized spacial score (nSPS) is 11.2. The standard InChI is InChI=1S/C12H6ClF3N2O3/c13-11-9(18(19)20)5-7(6-17-11)8-3-1-2-4-10(8)21-12(14,15)16/h1-6H. The lowest BCUT2D eigenvalue weighted by atomic mass is 10.1. The first kappa shape index (κ1) is 15.0. The first-order chi connectivity index (χ1) is 9.78. The predicted octanol–water partition coefficient (Wildman–Crippen LogP) is 4.21. The van der Waals surface area contributed by atoms with Crippen LogP contribution in [0.2, 0.25) is 5.15 Å². The molecule has 9 heteroatoms. The Bertz CT molecular complexity index is 692. The molecule has 0 saturated heterocycles. The van der Waals surface area contributed by atoms with Gasteiger partial charge in [-0.1, -0.05) is 29.8 Å². The molecule has 0 amide bonds. The van der Waals surface area contributed by atoms with E-state index in [-0.39, 0.29) is 16.3 Å². The molecule has 0 atom stereocenters. The van der Waals surface area contributed by atoms with Crippen molar-refractivity contribution in [3.63, 3.8) is 0 Å². The van der Waals surface area contributed by atoms with Crippen LogP contribution >= 0.6 is 11.6 Å². The van der Waals surface area contributed by atoms with E-state index in [2.05, 4.69) is 9.72 Å². The molecule has 0 fully saturated rings. The van der Waals surface area contributed by atoms with Crippen LogP contribution in [0.25, 0.3) is 11.1 Å². The molecular formula is C12H6ClF3N2O3. The van der Waals surface area contributed by atoms with Crippen molar-refractivity contribution in [3.8, 4) is 16.9 Å². The molecule has 0 saturated carbocycles. The lowest BCUT2D eigenvalue weighted by molar-refractivity contribution is -0.385. The summed E-state index contributed by atoms with van der Waals surface area (Å²) >= 11 is 5.56. The summed E-state index contributed by atoms with van der Waals surface area (Å²) in [5, 5.41) is 10.4. The molecule has 0 radical (unpaired) electrons. The number of rotatable bonds is 3. The van der Waals surface area contributed by atoms with Gasteiger partial charge in [0, 0.05) is 23.4 Å². The van der Waals surface area contributed by atoms with E-state index in [0.717, 1.165) is 18.3 Å². The Morgan fingerprint density at radius 3 is 2.57 bits per heavy atom. The smallest absolute Gasteiger partial charge is 0.405 e. The number of nitro groups is 1. The van der Waals surface area contributed by atoms with Gasteiger partial charge < -0.3 is 4.74 Å². The summed E-state index contributed by atoms with van der Waals surface area (Å²) in [7, 11) is 0. The zero-order chi connectivity index (χ0) is 15.6. The van der Waals surface area contributed by atoms with E-state index < -0.39 is 22.7 Å². The Kier molecular flexibility index (Phi) is 3.99. The minimum absolute atomic E-state index is 0.0158. The number of para-hydroxylation sites is 1. The maximum absolute atomic E-state index is 12.3. The molecule has 2 rings (SSSR count). The van der Waals surface area contributed by atoms with Crippen molar-refractivity contribution in [2.45, 2.75) is 6.36 Å². The number of aromatic nitrogens is 1. The van der Waals surface area contributed by atoms with Crippen LogP contribution in [0.5, 0.6) is 5.75 Å². The number of nitrogens with zero attached hydrogens (tertiary/aromatic N) is 2. The Hall–Kier alpha value is -2.35. The minimum Gasteiger partial charge on any atom is -0.405 e. The molecule has 0 spiro atoms. The maximum Gasteiger partial charge on any atom is 0.573 e. The molecule has 1 aromatic heterocycles. The third kappa shape index (κ3) is 3.60. The maximum atomic E-state index is 12.3. The lowest BCUT2D eigenvalue weighted by Crippen LogP contribution is -2.17. The third-order valence-electron chi connectivity index (χ3n) is 2.44. The fourth-order valence-electron chi connectivity index (χ4n) is 1.63. The molecule has 0 aliphatic rings. The van der Waals surface area contributed by atoms with Crippen molar-refractivity contribution >= 4 is 17.3 Å². The van der Waals surface area contributed by atoms with Crippen LogP contribution < -0.4 is 4.74 Å². The van der Waals surface area contributed by atoms with Crippen LogP contribution in [-0.4, -0.2) is 16.3 Å². The Morgan fingerprint density at radius 2 is 1.95 bits per heavy atom. The molecular weight excluding hydrogens is 313 g/mol. The molecule has 0 aliphatic carbocycles. The van der Waals surface area contributed by atoms with Gasteiger partial charge in [-0.2, -0.15) is 0 Å². The van der Waals surface area contributed by atoms with Crippen LogP contribution in [-0.2, 0) is 0 Å². The van der Waals surface area contributed by atoms with Gasteiger partial charge in [0.05, 0.1) is 4.92 Å². The number of halogens is 4. The van der Waals surface area contributed by atoms with Crippen molar-refractivity contribution in [2.75, 3.05) is 0 Å². The van der Waals surface area contributed by atoms with Crippen molar-refractivity contribution in [1.82, 2.24) is 4.98 Å². The zero-order valence-electron chi connectivity index (χ0n) is 10.1. The first-order valence-electron chi connectivity index (χ1n) is 5.43. The minimum atomic E-state index is -4.87. The van der Waals surface area contributed by atoms with E-state index in [1.54, 1.807) is 0 Å². The first-order valence-corrected chi connectivity index (χ1v) is 5.81. The van der Waals surface area contributed by atoms with Crippen LogP contribution in [0.15, 0.2) is 36.5 Å². The fraction of sp³-hybridized carbons (Fsp3) is 0.0833. The molecule has 0 N–H and O–H groups in total. The van der Waals surface area contributed by atoms with Gasteiger partial charge in [0.1, 0.15) is 5.75 Å². The highest BCUT2D eigenvalue weighted by molar-refractivity contribution is 6.31. The van der Waals surface area contributed by atoms with Crippen LogP contribution in [0.1, 0.15) is 0 Å². The summed E-state index contributed by atoms with van der Waals surface area (Å²) in [4.78, 5) is 13.6. The second kappa shape index (κ2) is 5.57. The second-order valence-corrected chi connectivity index (χ2v) is 4.19. The van der Waals surface area contributed by atoms with E-state index >= 15 is 0 Å². The monoisotopic (exact) mass is 318 g/mol. The fourth-order valence-corrected chi connectivity index (χ4v) is 1.80. The quantitative estimate of drug-likeness (QED) is 0.483. The van der Waals surface area contributed by atoms with Gasteiger partial charge in [0.15, 0.2) is 0 Å². The van der Waals surface area contributed by atoms with Gasteiger partial charge in [0.2, 0.25) is 5.15 Å². The van der Waals surface area contributed by atoms with Gasteiger partial charge in [-0.05, 0) is 6.07 Å². The molecule has 1 aromatic carbocycles. The van der Waals surface area contributed by atoms with Gasteiger partial charge >= 0.3 is 12.0 Å². The SMILES string of the molecule is O=[N+]([O-])c1cc(-c2ccccc2OC(F)(F)F)cnc1Cl. The summed E-state index contributed by atoms with van der Waals surface area (Å²) in [6, 6.07) is 6.29. The van der Waals surface area contributed by atoms with Gasteiger partial charge in [-0.15, -0.1) is 13.2 Å². The number of hydrogen-bond donors (Lipinski definition) is 0. The highest BCUT2D eigenvalue weighted by Gasteiger charge is 2.32. The Labute approximate surface area is 121 Å². The summed E-state index contributed by atoms with van der Waals surface area (Å²) in [6.07, 6.45) is -3.74. The third-order valence-corrected chi connectivity index (χ3v) is 2.73. The average molecular weight is 319 g/mol. The molecule has 110 valence electrons. The van der Waals surface area contributed by atoms with E-state index in [0.29, 0.717) is 0 Å². The van der Waals surface area contributed by atoms with Crippen molar-refractivity contribution in [1.29, 1.82) is 0 Å². The zero-order valence-corrected chi connectivity index (χ0v) is 10.9. The Morgan fingerprint density at radius 1 is 1.29 bits per heavy atom. The van der Waals surface area contributed by atoms with Crippen LogP contribution in [0.4, 0.5) is 18.9 Å². The van der Waals surface area contributed by atoms with Gasteiger partial charge in [-0.3, -0.25) is 10.1 Å². The van der Waals surface area contributed by atoms with Crippen molar-refractivity contribution in [3.05, 3.63) is 51.8 Å². The molecule has 2 aromatic rings. The van der Waals surface area contributed by atoms with Crippen molar-refractivity contribution in [2.24, 2.45) is 0 Å². The summed E-state index contributed by atoms with van der Waals surface area (Å²) < 4.78 is 40.9. The number of benzene rings is 1. The summed E-state index contributed by atoms with van der Waals surface area (Å²) in [6.45, 7) is 0. The predicted molar refractivity (Wildman–Crippen MR) is 68.0 cm³/mol. The molecule has 21 heavy (non-hydrogen) atoms. The average Bonchev–Trinajstić information content (AvgIpc) is 2.38.